The second kappa shape index (κ2) is 13.5. The minimum atomic E-state index is -0.832. The number of hydrogen-bond acceptors (Lipinski definition) is 4. The first-order valence-corrected chi connectivity index (χ1v) is 9.85. The van der Waals surface area contributed by atoms with Crippen molar-refractivity contribution in [3.8, 4) is 0 Å². The van der Waals surface area contributed by atoms with Crippen molar-refractivity contribution in [1.82, 2.24) is 0 Å². The Hall–Kier alpha value is -1.69. The summed E-state index contributed by atoms with van der Waals surface area (Å²) in [6, 6.07) is 0. The highest BCUT2D eigenvalue weighted by Gasteiger charge is 2.39. The lowest BCUT2D eigenvalue weighted by Crippen LogP contribution is -2.20. The molecule has 0 aromatic carbocycles. The Balaban J connectivity index is 2.49. The van der Waals surface area contributed by atoms with E-state index >= 15 is 0 Å². The van der Waals surface area contributed by atoms with E-state index in [2.05, 4.69) is 19.1 Å². The fraction of sp³-hybridized carbons (Fsp3) is 0.591. The van der Waals surface area contributed by atoms with Crippen molar-refractivity contribution in [3.63, 3.8) is 0 Å². The van der Waals surface area contributed by atoms with Crippen molar-refractivity contribution in [3.05, 3.63) is 48.6 Å². The van der Waals surface area contributed by atoms with Gasteiger partial charge in [-0.1, -0.05) is 55.5 Å². The van der Waals surface area contributed by atoms with Gasteiger partial charge in [0.05, 0.1) is 18.3 Å². The zero-order valence-electron chi connectivity index (χ0n) is 16.2. The van der Waals surface area contributed by atoms with Crippen LogP contribution in [0, 0.1) is 11.8 Å². The Morgan fingerprint density at radius 2 is 1.81 bits per heavy atom. The Labute approximate surface area is 162 Å². The standard InChI is InChI=1S/C22H34O5/c1-2-3-4-5-6-8-11-17(23)14-15-19-18(20(24)16-21(19)25)12-9-7-10-13-22(26)27/h3-4,6-9,14-15,17-21,23-25H,2,5,10-13,16H2,1H3,(H,26,27)/b4-3-,8-6-,9-7-,15-14+/t17-,18-,19+,20-,21+/m0/s1. The minimum absolute atomic E-state index is 0.0869. The number of hydrogen-bond donors (Lipinski definition) is 4. The van der Waals surface area contributed by atoms with E-state index in [9.17, 15) is 20.1 Å². The lowest BCUT2D eigenvalue weighted by molar-refractivity contribution is -0.136. The normalized spacial score (nSPS) is 27.6. The fourth-order valence-electron chi connectivity index (χ4n) is 3.29. The van der Waals surface area contributed by atoms with E-state index in [1.165, 1.54) is 0 Å². The molecule has 1 saturated carbocycles. The molecule has 0 unspecified atom stereocenters. The van der Waals surface area contributed by atoms with Crippen LogP contribution in [0.4, 0.5) is 0 Å². The van der Waals surface area contributed by atoms with Crippen LogP contribution in [0.25, 0.3) is 0 Å². The van der Waals surface area contributed by atoms with E-state index < -0.39 is 24.3 Å². The molecule has 0 amide bonds. The monoisotopic (exact) mass is 378 g/mol. The summed E-state index contributed by atoms with van der Waals surface area (Å²) in [5, 5.41) is 39.1. The Bertz CT molecular complexity index is 535. The summed E-state index contributed by atoms with van der Waals surface area (Å²) in [4.78, 5) is 10.5. The average Bonchev–Trinajstić information content (AvgIpc) is 2.88. The molecule has 5 atom stereocenters. The van der Waals surface area contributed by atoms with Gasteiger partial charge in [-0.15, -0.1) is 0 Å². The van der Waals surface area contributed by atoms with Gasteiger partial charge in [0.1, 0.15) is 0 Å². The maximum Gasteiger partial charge on any atom is 0.303 e. The van der Waals surface area contributed by atoms with E-state index in [0.717, 1.165) is 12.8 Å². The molecule has 5 heteroatoms. The topological polar surface area (TPSA) is 98.0 Å². The van der Waals surface area contributed by atoms with Gasteiger partial charge in [-0.3, -0.25) is 4.79 Å². The van der Waals surface area contributed by atoms with Crippen molar-refractivity contribution in [2.24, 2.45) is 11.8 Å². The molecule has 1 aliphatic carbocycles. The predicted octanol–water partition coefficient (Wildman–Crippen LogP) is 3.38. The van der Waals surface area contributed by atoms with Crippen LogP contribution in [-0.2, 0) is 4.79 Å². The second-order valence-corrected chi connectivity index (χ2v) is 7.03. The van der Waals surface area contributed by atoms with Gasteiger partial charge in [-0.2, -0.15) is 0 Å². The van der Waals surface area contributed by atoms with Gasteiger partial charge in [0.2, 0.25) is 0 Å². The summed E-state index contributed by atoms with van der Waals surface area (Å²) < 4.78 is 0. The van der Waals surface area contributed by atoms with Crippen LogP contribution >= 0.6 is 0 Å². The second-order valence-electron chi connectivity index (χ2n) is 7.03. The molecule has 1 aliphatic rings. The molecule has 4 N–H and O–H groups in total. The highest BCUT2D eigenvalue weighted by molar-refractivity contribution is 5.66. The van der Waals surface area contributed by atoms with Gasteiger partial charge >= 0.3 is 5.97 Å². The summed E-state index contributed by atoms with van der Waals surface area (Å²) in [5.74, 6) is -1.17. The summed E-state index contributed by atoms with van der Waals surface area (Å²) in [6.07, 6.45) is 17.3. The number of carboxylic acid groups (broad SMARTS) is 1. The number of aliphatic hydroxyl groups excluding tert-OH is 3. The van der Waals surface area contributed by atoms with Crippen molar-refractivity contribution < 1.29 is 25.2 Å². The van der Waals surface area contributed by atoms with Crippen LogP contribution in [0.3, 0.4) is 0 Å². The average molecular weight is 379 g/mol. The summed E-state index contributed by atoms with van der Waals surface area (Å²) in [5.41, 5.74) is 0. The number of carbonyl (C=O) groups is 1. The quantitative estimate of drug-likeness (QED) is 0.390. The molecule has 1 fully saturated rings. The molecule has 0 bridgehead atoms. The maximum absolute atomic E-state index is 10.5. The SMILES string of the molecule is CC/C=C\C/C=C\C[C@H](O)/C=C/[C@@H]1[C@H](C/C=C\CCC(=O)O)[C@@H](O)C[C@H]1O. The Morgan fingerprint density at radius 1 is 1.07 bits per heavy atom. The lowest BCUT2D eigenvalue weighted by Gasteiger charge is -2.19. The van der Waals surface area contributed by atoms with Gasteiger partial charge in [0, 0.05) is 18.8 Å². The first kappa shape index (κ1) is 23.3. The molecule has 0 spiro atoms. The fourth-order valence-corrected chi connectivity index (χ4v) is 3.29. The molecule has 152 valence electrons. The predicted molar refractivity (Wildman–Crippen MR) is 107 cm³/mol. The molecule has 5 nitrogen and oxygen atoms in total. The zero-order chi connectivity index (χ0) is 20.1. The van der Waals surface area contributed by atoms with E-state index in [-0.39, 0.29) is 18.3 Å². The molecule has 1 rings (SSSR count). The zero-order valence-corrected chi connectivity index (χ0v) is 16.2. The van der Waals surface area contributed by atoms with Crippen LogP contribution < -0.4 is 0 Å². The third-order valence-corrected chi connectivity index (χ3v) is 4.79. The van der Waals surface area contributed by atoms with Crippen LogP contribution in [0.15, 0.2) is 48.6 Å². The molecule has 0 radical (unpaired) electrons. The van der Waals surface area contributed by atoms with Crippen LogP contribution in [0.2, 0.25) is 0 Å². The van der Waals surface area contributed by atoms with Crippen molar-refractivity contribution in [2.75, 3.05) is 0 Å². The third kappa shape index (κ3) is 9.70. The Morgan fingerprint density at radius 3 is 2.52 bits per heavy atom. The maximum atomic E-state index is 10.5. The van der Waals surface area contributed by atoms with Crippen LogP contribution in [0.1, 0.15) is 51.9 Å². The summed E-state index contributed by atoms with van der Waals surface area (Å²) in [7, 11) is 0. The van der Waals surface area contributed by atoms with Gasteiger partial charge in [-0.05, 0) is 38.0 Å². The van der Waals surface area contributed by atoms with Gasteiger partial charge in [-0.25, -0.2) is 0 Å². The van der Waals surface area contributed by atoms with E-state index in [4.69, 9.17) is 5.11 Å². The highest BCUT2D eigenvalue weighted by atomic mass is 16.4. The first-order chi connectivity index (χ1) is 13.0. The van der Waals surface area contributed by atoms with E-state index in [1.54, 1.807) is 12.2 Å². The number of aliphatic carboxylic acids is 1. The third-order valence-electron chi connectivity index (χ3n) is 4.79. The Kier molecular flexibility index (Phi) is 11.7. The molecule has 0 aliphatic heterocycles. The largest absolute Gasteiger partial charge is 0.481 e. The number of allylic oxidation sites excluding steroid dienone is 5. The van der Waals surface area contributed by atoms with Crippen molar-refractivity contribution in [1.29, 1.82) is 0 Å². The number of rotatable bonds is 12. The molecular weight excluding hydrogens is 344 g/mol. The smallest absolute Gasteiger partial charge is 0.303 e. The molecule has 0 saturated heterocycles. The van der Waals surface area contributed by atoms with E-state index in [0.29, 0.717) is 25.7 Å². The molecule has 0 aromatic heterocycles. The molecule has 0 aromatic rings. The summed E-state index contributed by atoms with van der Waals surface area (Å²) in [6.45, 7) is 2.09. The highest BCUT2D eigenvalue weighted by Crippen LogP contribution is 2.36. The molecular formula is C22H34O5. The minimum Gasteiger partial charge on any atom is -0.481 e. The van der Waals surface area contributed by atoms with Gasteiger partial charge in [0.25, 0.3) is 0 Å². The van der Waals surface area contributed by atoms with Gasteiger partial charge in [0.15, 0.2) is 0 Å². The lowest BCUT2D eigenvalue weighted by atomic mass is 9.89. The van der Waals surface area contributed by atoms with E-state index in [1.807, 2.05) is 24.3 Å². The van der Waals surface area contributed by atoms with Crippen molar-refractivity contribution in [2.45, 2.75) is 70.2 Å². The summed E-state index contributed by atoms with van der Waals surface area (Å²) >= 11 is 0. The first-order valence-electron chi connectivity index (χ1n) is 9.85. The molecule has 27 heavy (non-hydrogen) atoms. The number of carboxylic acids is 1. The van der Waals surface area contributed by atoms with Crippen LogP contribution in [-0.4, -0.2) is 44.7 Å². The van der Waals surface area contributed by atoms with Gasteiger partial charge < -0.3 is 20.4 Å². The number of aliphatic hydroxyl groups is 3. The molecule has 0 heterocycles. The van der Waals surface area contributed by atoms with Crippen molar-refractivity contribution >= 4 is 5.97 Å². The van der Waals surface area contributed by atoms with Crippen LogP contribution in [0.5, 0.6) is 0 Å².